The standard InChI is InChI=1S/C18H19N3O4S/c1-11(2)25-14-7-6-12(9-15(14)24-3)10-20-18(23)21-17(22)13-5-4-8-19-16(13)26-21/h4-9,11H,10H2,1-3H3,(H,20,23). The van der Waals surface area contributed by atoms with Crippen LogP contribution in [0.1, 0.15) is 19.4 Å². The molecule has 0 unspecified atom stereocenters. The molecule has 3 aromatic rings. The molecular formula is C18H19N3O4S. The minimum atomic E-state index is -0.487. The van der Waals surface area contributed by atoms with Gasteiger partial charge in [-0.25, -0.2) is 9.78 Å². The van der Waals surface area contributed by atoms with Crippen LogP contribution in [0.3, 0.4) is 0 Å². The van der Waals surface area contributed by atoms with Crippen molar-refractivity contribution in [3.8, 4) is 11.5 Å². The molecule has 1 aromatic carbocycles. The predicted molar refractivity (Wildman–Crippen MR) is 100 cm³/mol. The molecule has 0 aliphatic rings. The van der Waals surface area contributed by atoms with Gasteiger partial charge in [-0.2, -0.15) is 3.96 Å². The van der Waals surface area contributed by atoms with Crippen molar-refractivity contribution in [2.24, 2.45) is 0 Å². The van der Waals surface area contributed by atoms with Gasteiger partial charge in [0, 0.05) is 12.7 Å². The van der Waals surface area contributed by atoms with Gasteiger partial charge in [-0.1, -0.05) is 6.07 Å². The Kier molecular flexibility index (Phi) is 5.22. The molecular weight excluding hydrogens is 354 g/mol. The molecule has 1 amide bonds. The molecule has 0 radical (unpaired) electrons. The van der Waals surface area contributed by atoms with Crippen molar-refractivity contribution in [1.82, 2.24) is 14.3 Å². The van der Waals surface area contributed by atoms with Gasteiger partial charge >= 0.3 is 6.03 Å². The maximum atomic E-state index is 12.4. The molecule has 0 spiro atoms. The summed E-state index contributed by atoms with van der Waals surface area (Å²) in [6.07, 6.45) is 1.62. The van der Waals surface area contributed by atoms with Crippen molar-refractivity contribution in [3.63, 3.8) is 0 Å². The zero-order chi connectivity index (χ0) is 18.7. The highest BCUT2D eigenvalue weighted by Crippen LogP contribution is 2.29. The number of carbonyl (C=O) groups excluding carboxylic acids is 1. The van der Waals surface area contributed by atoms with E-state index in [9.17, 15) is 9.59 Å². The summed E-state index contributed by atoms with van der Waals surface area (Å²) in [7, 11) is 1.56. The highest BCUT2D eigenvalue weighted by Gasteiger charge is 2.14. The molecule has 0 bridgehead atoms. The van der Waals surface area contributed by atoms with Crippen molar-refractivity contribution in [2.75, 3.05) is 7.11 Å². The molecule has 0 aliphatic carbocycles. The fourth-order valence-corrected chi connectivity index (χ4v) is 3.28. The third-order valence-electron chi connectivity index (χ3n) is 3.58. The quantitative estimate of drug-likeness (QED) is 0.743. The number of methoxy groups -OCH3 is 1. The van der Waals surface area contributed by atoms with Crippen LogP contribution in [0.4, 0.5) is 4.79 Å². The number of benzene rings is 1. The zero-order valence-electron chi connectivity index (χ0n) is 14.7. The number of aromatic nitrogens is 2. The Hall–Kier alpha value is -2.87. The first-order valence-corrected chi connectivity index (χ1v) is 8.85. The van der Waals surface area contributed by atoms with Crippen LogP contribution in [0.15, 0.2) is 41.3 Å². The van der Waals surface area contributed by atoms with Crippen molar-refractivity contribution in [1.29, 1.82) is 0 Å². The molecule has 0 aliphatic heterocycles. The second-order valence-electron chi connectivity index (χ2n) is 5.86. The maximum Gasteiger partial charge on any atom is 0.338 e. The Morgan fingerprint density at radius 1 is 1.31 bits per heavy atom. The van der Waals surface area contributed by atoms with E-state index in [-0.39, 0.29) is 18.2 Å². The van der Waals surface area contributed by atoms with Gasteiger partial charge in [-0.15, -0.1) is 0 Å². The normalized spacial score (nSPS) is 10.9. The van der Waals surface area contributed by atoms with Crippen LogP contribution in [0.2, 0.25) is 0 Å². The molecule has 7 nitrogen and oxygen atoms in total. The topological polar surface area (TPSA) is 82.5 Å². The predicted octanol–water partition coefficient (Wildman–Crippen LogP) is 3.01. The van der Waals surface area contributed by atoms with Gasteiger partial charge in [0.15, 0.2) is 11.5 Å². The van der Waals surface area contributed by atoms with Crippen LogP contribution in [-0.4, -0.2) is 28.2 Å². The van der Waals surface area contributed by atoms with Gasteiger partial charge < -0.3 is 14.8 Å². The maximum absolute atomic E-state index is 12.4. The zero-order valence-corrected chi connectivity index (χ0v) is 15.5. The third kappa shape index (κ3) is 3.70. The number of hydrogen-bond acceptors (Lipinski definition) is 6. The molecule has 26 heavy (non-hydrogen) atoms. The highest BCUT2D eigenvalue weighted by molar-refractivity contribution is 7.14. The Morgan fingerprint density at radius 2 is 2.12 bits per heavy atom. The van der Waals surface area contributed by atoms with Crippen molar-refractivity contribution in [2.45, 2.75) is 26.5 Å². The van der Waals surface area contributed by atoms with Crippen LogP contribution in [0, 0.1) is 0 Å². The van der Waals surface area contributed by atoms with E-state index in [2.05, 4.69) is 10.3 Å². The number of fused-ring (bicyclic) bond motifs is 1. The first kappa shape index (κ1) is 17.9. The fourth-order valence-electron chi connectivity index (χ4n) is 2.42. The molecule has 2 heterocycles. The SMILES string of the molecule is COc1cc(CNC(=O)n2sc3ncccc3c2=O)ccc1OC(C)C. The number of rotatable bonds is 5. The summed E-state index contributed by atoms with van der Waals surface area (Å²) < 4.78 is 12.1. The van der Waals surface area contributed by atoms with Crippen molar-refractivity contribution in [3.05, 3.63) is 52.4 Å². The Labute approximate surface area is 154 Å². The van der Waals surface area contributed by atoms with Gasteiger partial charge in [0.1, 0.15) is 4.83 Å². The Bertz CT molecular complexity index is 994. The second-order valence-corrected chi connectivity index (χ2v) is 6.79. The van der Waals surface area contributed by atoms with E-state index in [4.69, 9.17) is 9.47 Å². The number of nitrogens with zero attached hydrogens (tertiary/aromatic N) is 2. The summed E-state index contributed by atoms with van der Waals surface area (Å²) in [6.45, 7) is 4.13. The van der Waals surface area contributed by atoms with E-state index in [1.807, 2.05) is 19.9 Å². The first-order valence-electron chi connectivity index (χ1n) is 8.08. The number of amides is 1. The summed E-state index contributed by atoms with van der Waals surface area (Å²) in [5.74, 6) is 1.23. The summed E-state index contributed by atoms with van der Waals surface area (Å²) in [5.41, 5.74) is 0.465. The molecule has 3 rings (SSSR count). The largest absolute Gasteiger partial charge is 0.493 e. The van der Waals surface area contributed by atoms with E-state index in [1.165, 1.54) is 0 Å². The molecule has 0 atom stereocenters. The average molecular weight is 373 g/mol. The molecule has 0 saturated heterocycles. The lowest BCUT2D eigenvalue weighted by molar-refractivity contribution is 0.230. The number of pyridine rings is 1. The van der Waals surface area contributed by atoms with E-state index in [0.717, 1.165) is 21.1 Å². The number of nitrogens with one attached hydrogen (secondary N) is 1. The second kappa shape index (κ2) is 7.57. The lowest BCUT2D eigenvalue weighted by Gasteiger charge is -2.14. The van der Waals surface area contributed by atoms with Crippen LogP contribution in [-0.2, 0) is 6.54 Å². The van der Waals surface area contributed by atoms with Gasteiger partial charge in [0.25, 0.3) is 5.56 Å². The first-order chi connectivity index (χ1) is 12.5. The smallest absolute Gasteiger partial charge is 0.338 e. The summed E-state index contributed by atoms with van der Waals surface area (Å²) in [4.78, 5) is 29.3. The molecule has 1 N–H and O–H groups in total. The Balaban J connectivity index is 1.74. The average Bonchev–Trinajstić information content (AvgIpc) is 2.97. The lowest BCUT2D eigenvalue weighted by atomic mass is 10.2. The fraction of sp³-hybridized carbons (Fsp3) is 0.278. The van der Waals surface area contributed by atoms with Crippen molar-refractivity contribution >= 4 is 27.8 Å². The summed E-state index contributed by atoms with van der Waals surface area (Å²) in [6, 6.07) is 8.29. The van der Waals surface area contributed by atoms with Crippen LogP contribution < -0.4 is 20.3 Å². The van der Waals surface area contributed by atoms with E-state index < -0.39 is 6.03 Å². The van der Waals surface area contributed by atoms with E-state index >= 15 is 0 Å². The Morgan fingerprint density at radius 3 is 2.81 bits per heavy atom. The molecule has 0 saturated carbocycles. The highest BCUT2D eigenvalue weighted by atomic mass is 32.1. The van der Waals surface area contributed by atoms with E-state index in [1.54, 1.807) is 37.6 Å². The van der Waals surface area contributed by atoms with Crippen LogP contribution in [0.5, 0.6) is 11.5 Å². The summed E-state index contributed by atoms with van der Waals surface area (Å²) >= 11 is 1.02. The van der Waals surface area contributed by atoms with Gasteiger partial charge in [-0.05, 0) is 55.2 Å². The monoisotopic (exact) mass is 373 g/mol. The molecule has 136 valence electrons. The van der Waals surface area contributed by atoms with Gasteiger partial charge in [-0.3, -0.25) is 4.79 Å². The summed E-state index contributed by atoms with van der Waals surface area (Å²) in [5, 5.41) is 3.17. The van der Waals surface area contributed by atoms with Gasteiger partial charge in [0.2, 0.25) is 0 Å². The number of ether oxygens (including phenoxy) is 2. The minimum Gasteiger partial charge on any atom is -0.493 e. The van der Waals surface area contributed by atoms with Gasteiger partial charge in [0.05, 0.1) is 18.6 Å². The number of hydrogen-bond donors (Lipinski definition) is 1. The number of carbonyl (C=O) groups is 1. The minimum absolute atomic E-state index is 0.0305. The lowest BCUT2D eigenvalue weighted by Crippen LogP contribution is -2.32. The molecule has 2 aromatic heterocycles. The molecule has 0 fully saturated rings. The van der Waals surface area contributed by atoms with Crippen LogP contribution in [0.25, 0.3) is 10.2 Å². The van der Waals surface area contributed by atoms with Crippen LogP contribution >= 0.6 is 11.5 Å². The van der Waals surface area contributed by atoms with E-state index in [0.29, 0.717) is 21.7 Å². The van der Waals surface area contributed by atoms with Crippen molar-refractivity contribution < 1.29 is 14.3 Å². The third-order valence-corrected chi connectivity index (χ3v) is 4.60. The molecule has 8 heteroatoms.